The Balaban J connectivity index is 2.96. The van der Waals surface area contributed by atoms with Gasteiger partial charge in [-0.1, -0.05) is 15.9 Å². The molecule has 4 nitrogen and oxygen atoms in total. The summed E-state index contributed by atoms with van der Waals surface area (Å²) in [5.41, 5.74) is 6.73. The van der Waals surface area contributed by atoms with Crippen LogP contribution in [0.4, 0.5) is 0 Å². The molecule has 0 saturated heterocycles. The number of methoxy groups -OCH3 is 3. The highest BCUT2D eigenvalue weighted by Gasteiger charge is 2.28. The molecule has 5 heteroatoms. The van der Waals surface area contributed by atoms with E-state index in [1.165, 1.54) is 0 Å². The molecule has 0 saturated carbocycles. The van der Waals surface area contributed by atoms with E-state index in [4.69, 9.17) is 19.9 Å². The maximum atomic E-state index is 5.69. The quantitative estimate of drug-likeness (QED) is 0.816. The van der Waals surface area contributed by atoms with Crippen molar-refractivity contribution in [3.05, 3.63) is 28.2 Å². The van der Waals surface area contributed by atoms with Crippen LogP contribution in [-0.4, -0.2) is 33.7 Å². The van der Waals surface area contributed by atoms with Crippen LogP contribution in [0.5, 0.6) is 5.75 Å². The molecule has 0 bridgehead atoms. The monoisotopic (exact) mass is 303 g/mol. The van der Waals surface area contributed by atoms with Gasteiger partial charge in [0.1, 0.15) is 5.75 Å². The lowest BCUT2D eigenvalue weighted by atomic mass is 10.0. The molecule has 0 heterocycles. The van der Waals surface area contributed by atoms with E-state index in [1.54, 1.807) is 21.3 Å². The first-order valence-corrected chi connectivity index (χ1v) is 6.02. The summed E-state index contributed by atoms with van der Waals surface area (Å²) in [4.78, 5) is 0. The second kappa shape index (κ2) is 6.35. The Morgan fingerprint density at radius 1 is 1.18 bits per heavy atom. The minimum absolute atomic E-state index is 0.287. The van der Waals surface area contributed by atoms with Gasteiger partial charge in [0.15, 0.2) is 5.79 Å². The minimum atomic E-state index is -0.786. The summed E-state index contributed by atoms with van der Waals surface area (Å²) < 4.78 is 16.9. The number of hydrogen-bond acceptors (Lipinski definition) is 4. The van der Waals surface area contributed by atoms with Crippen LogP contribution in [0.3, 0.4) is 0 Å². The van der Waals surface area contributed by atoms with E-state index >= 15 is 0 Å². The summed E-state index contributed by atoms with van der Waals surface area (Å²) in [5.74, 6) is -0.00118. The average molecular weight is 304 g/mol. The molecule has 0 aliphatic carbocycles. The van der Waals surface area contributed by atoms with E-state index in [9.17, 15) is 0 Å². The van der Waals surface area contributed by atoms with Gasteiger partial charge >= 0.3 is 0 Å². The first kappa shape index (κ1) is 14.4. The van der Waals surface area contributed by atoms with E-state index in [0.29, 0.717) is 6.42 Å². The SMILES string of the molecule is COc1cc(Br)cc(CC(CN)(OC)OC)c1. The van der Waals surface area contributed by atoms with E-state index in [0.717, 1.165) is 15.8 Å². The fourth-order valence-electron chi connectivity index (χ4n) is 1.62. The van der Waals surface area contributed by atoms with Crippen molar-refractivity contribution in [2.75, 3.05) is 27.9 Å². The average Bonchev–Trinajstić information content (AvgIpc) is 2.35. The van der Waals surface area contributed by atoms with Crippen LogP contribution in [0.15, 0.2) is 22.7 Å². The van der Waals surface area contributed by atoms with Gasteiger partial charge in [-0.2, -0.15) is 0 Å². The van der Waals surface area contributed by atoms with Gasteiger partial charge in [-0.05, 0) is 23.8 Å². The fourth-order valence-corrected chi connectivity index (χ4v) is 2.14. The zero-order valence-electron chi connectivity index (χ0n) is 10.3. The third-order valence-corrected chi connectivity index (χ3v) is 3.15. The van der Waals surface area contributed by atoms with Crippen LogP contribution in [0.1, 0.15) is 5.56 Å². The van der Waals surface area contributed by atoms with Crippen LogP contribution in [0.2, 0.25) is 0 Å². The minimum Gasteiger partial charge on any atom is -0.497 e. The van der Waals surface area contributed by atoms with Crippen molar-refractivity contribution in [3.8, 4) is 5.75 Å². The highest BCUT2D eigenvalue weighted by atomic mass is 79.9. The van der Waals surface area contributed by atoms with Crippen molar-refractivity contribution >= 4 is 15.9 Å². The van der Waals surface area contributed by atoms with Crippen molar-refractivity contribution in [1.82, 2.24) is 0 Å². The van der Waals surface area contributed by atoms with Crippen LogP contribution >= 0.6 is 15.9 Å². The number of hydrogen-bond donors (Lipinski definition) is 1. The van der Waals surface area contributed by atoms with E-state index < -0.39 is 5.79 Å². The predicted octanol–water partition coefficient (Wildman–Crippen LogP) is 1.95. The molecule has 0 aliphatic heterocycles. The van der Waals surface area contributed by atoms with Crippen LogP contribution in [-0.2, 0) is 15.9 Å². The molecule has 0 amide bonds. The summed E-state index contributed by atoms with van der Waals surface area (Å²) in [7, 11) is 4.81. The molecule has 1 aromatic carbocycles. The molecule has 0 unspecified atom stereocenters. The normalized spacial score (nSPS) is 11.6. The highest BCUT2D eigenvalue weighted by molar-refractivity contribution is 9.10. The Hall–Kier alpha value is -0.620. The smallest absolute Gasteiger partial charge is 0.183 e. The van der Waals surface area contributed by atoms with Gasteiger partial charge in [-0.25, -0.2) is 0 Å². The molecule has 0 radical (unpaired) electrons. The molecule has 0 aromatic heterocycles. The Kier molecular flexibility index (Phi) is 5.39. The molecular formula is C12H18BrNO3. The number of ether oxygens (including phenoxy) is 3. The Morgan fingerprint density at radius 2 is 1.82 bits per heavy atom. The molecule has 0 spiro atoms. The summed E-state index contributed by atoms with van der Waals surface area (Å²) >= 11 is 3.43. The van der Waals surface area contributed by atoms with Crippen molar-refractivity contribution in [3.63, 3.8) is 0 Å². The standard InChI is InChI=1S/C12H18BrNO3/c1-15-11-5-9(4-10(13)6-11)7-12(8-14,16-2)17-3/h4-6H,7-8,14H2,1-3H3. The second-order valence-electron chi connectivity index (χ2n) is 3.70. The third kappa shape index (κ3) is 3.67. The predicted molar refractivity (Wildman–Crippen MR) is 70.2 cm³/mol. The van der Waals surface area contributed by atoms with Crippen molar-refractivity contribution in [1.29, 1.82) is 0 Å². The molecule has 96 valence electrons. The topological polar surface area (TPSA) is 53.7 Å². The largest absolute Gasteiger partial charge is 0.497 e. The zero-order chi connectivity index (χ0) is 12.9. The van der Waals surface area contributed by atoms with Gasteiger partial charge in [0.05, 0.1) is 7.11 Å². The lowest BCUT2D eigenvalue weighted by Crippen LogP contribution is -2.43. The lowest BCUT2D eigenvalue weighted by molar-refractivity contribution is -0.197. The van der Waals surface area contributed by atoms with Crippen LogP contribution < -0.4 is 10.5 Å². The molecule has 1 aromatic rings. The van der Waals surface area contributed by atoms with Gasteiger partial charge in [-0.15, -0.1) is 0 Å². The van der Waals surface area contributed by atoms with E-state index in [2.05, 4.69) is 15.9 Å². The van der Waals surface area contributed by atoms with Crippen molar-refractivity contribution < 1.29 is 14.2 Å². The zero-order valence-corrected chi connectivity index (χ0v) is 11.9. The molecule has 1 rings (SSSR count). The third-order valence-electron chi connectivity index (χ3n) is 2.70. The summed E-state index contributed by atoms with van der Waals surface area (Å²) in [6.07, 6.45) is 0.562. The Morgan fingerprint density at radius 3 is 2.29 bits per heavy atom. The number of benzene rings is 1. The molecule has 0 atom stereocenters. The highest BCUT2D eigenvalue weighted by Crippen LogP contribution is 2.25. The first-order chi connectivity index (χ1) is 8.09. The van der Waals surface area contributed by atoms with E-state index in [-0.39, 0.29) is 6.54 Å². The van der Waals surface area contributed by atoms with E-state index in [1.807, 2.05) is 18.2 Å². The van der Waals surface area contributed by atoms with Gasteiger partial charge in [0.2, 0.25) is 0 Å². The van der Waals surface area contributed by atoms with Gasteiger partial charge in [-0.3, -0.25) is 0 Å². The molecule has 0 aliphatic rings. The lowest BCUT2D eigenvalue weighted by Gasteiger charge is -2.29. The number of nitrogens with two attached hydrogens (primary N) is 1. The molecule has 17 heavy (non-hydrogen) atoms. The van der Waals surface area contributed by atoms with Crippen molar-refractivity contribution in [2.24, 2.45) is 5.73 Å². The fraction of sp³-hybridized carbons (Fsp3) is 0.500. The second-order valence-corrected chi connectivity index (χ2v) is 4.61. The van der Waals surface area contributed by atoms with Gasteiger partial charge < -0.3 is 19.9 Å². The number of halogens is 1. The molecule has 0 fully saturated rings. The van der Waals surface area contributed by atoms with Crippen LogP contribution in [0.25, 0.3) is 0 Å². The summed E-state index contributed by atoms with van der Waals surface area (Å²) in [5, 5.41) is 0. The first-order valence-electron chi connectivity index (χ1n) is 5.23. The molecular weight excluding hydrogens is 286 g/mol. The Bertz CT molecular complexity index is 359. The van der Waals surface area contributed by atoms with Crippen LogP contribution in [0, 0.1) is 0 Å². The van der Waals surface area contributed by atoms with Crippen molar-refractivity contribution in [2.45, 2.75) is 12.2 Å². The summed E-state index contributed by atoms with van der Waals surface area (Å²) in [6, 6.07) is 5.82. The van der Waals surface area contributed by atoms with Gasteiger partial charge in [0, 0.05) is 31.7 Å². The Labute approximate surface area is 110 Å². The summed E-state index contributed by atoms with van der Waals surface area (Å²) in [6.45, 7) is 0.287. The maximum Gasteiger partial charge on any atom is 0.183 e. The number of rotatable bonds is 6. The maximum absolute atomic E-state index is 5.69. The molecule has 2 N–H and O–H groups in total. The van der Waals surface area contributed by atoms with Gasteiger partial charge in [0.25, 0.3) is 0 Å².